The Morgan fingerprint density at radius 3 is 2.76 bits per heavy atom. The summed E-state index contributed by atoms with van der Waals surface area (Å²) in [4.78, 5) is 13.7. The first kappa shape index (κ1) is 17.2. The van der Waals surface area contributed by atoms with Crippen LogP contribution in [0.25, 0.3) is 0 Å². The normalized spacial score (nSPS) is 14.5. The molecule has 1 N–H and O–H groups in total. The summed E-state index contributed by atoms with van der Waals surface area (Å²) < 4.78 is 46.8. The van der Waals surface area contributed by atoms with E-state index < -0.39 is 18.2 Å². The van der Waals surface area contributed by atoms with Gasteiger partial charge in [-0.15, -0.1) is 0 Å². The number of furan rings is 1. The van der Waals surface area contributed by atoms with E-state index in [-0.39, 0.29) is 12.6 Å². The van der Waals surface area contributed by atoms with Crippen LogP contribution in [-0.4, -0.2) is 30.6 Å². The van der Waals surface area contributed by atoms with Crippen molar-refractivity contribution < 1.29 is 27.1 Å². The Morgan fingerprint density at radius 2 is 2.12 bits per heavy atom. The van der Waals surface area contributed by atoms with Gasteiger partial charge in [-0.25, -0.2) is 9.18 Å². The molecule has 1 fully saturated rings. The first-order chi connectivity index (χ1) is 12.0. The lowest BCUT2D eigenvalue weighted by Gasteiger charge is -2.39. The molecule has 2 aromatic rings. The van der Waals surface area contributed by atoms with Crippen molar-refractivity contribution in [3.05, 3.63) is 53.7 Å². The fourth-order valence-electron chi connectivity index (χ4n) is 2.74. The fourth-order valence-corrected chi connectivity index (χ4v) is 2.74. The van der Waals surface area contributed by atoms with E-state index >= 15 is 0 Å². The van der Waals surface area contributed by atoms with E-state index in [4.69, 9.17) is 4.42 Å². The number of urea groups is 1. The third-order valence-electron chi connectivity index (χ3n) is 4.00. The highest BCUT2D eigenvalue weighted by atomic mass is 19.3. The number of nitrogens with one attached hydrogen (secondary N) is 1. The summed E-state index contributed by atoms with van der Waals surface area (Å²) >= 11 is 0. The van der Waals surface area contributed by atoms with E-state index in [0.717, 1.165) is 24.1 Å². The quantitative estimate of drug-likeness (QED) is 0.865. The van der Waals surface area contributed by atoms with Crippen LogP contribution in [0, 0.1) is 11.7 Å². The number of carbonyl (C=O) groups is 1. The summed E-state index contributed by atoms with van der Waals surface area (Å²) in [5.41, 5.74) is 1.56. The average molecular weight is 354 g/mol. The number of hydrogen-bond acceptors (Lipinski definition) is 3. The highest BCUT2D eigenvalue weighted by Gasteiger charge is 2.30. The van der Waals surface area contributed by atoms with Gasteiger partial charge in [0.2, 0.25) is 0 Å². The number of halogens is 3. The minimum atomic E-state index is -3.08. The number of benzene rings is 1. The second-order valence-corrected chi connectivity index (χ2v) is 5.91. The molecule has 0 unspecified atom stereocenters. The molecule has 0 spiro atoms. The third-order valence-corrected chi connectivity index (χ3v) is 4.00. The zero-order valence-electron chi connectivity index (χ0n) is 13.3. The standard InChI is InChI=1S/C17H17F3N2O3/c18-14-6-11(1-2-15(14)25-16(19)20)7-21-17(23)22-8-13(9-22)5-12-3-4-24-10-12/h1-4,6,10,13,16H,5,7-9H2,(H,21,23). The lowest BCUT2D eigenvalue weighted by molar-refractivity contribution is -0.0522. The van der Waals surface area contributed by atoms with Crippen molar-refractivity contribution >= 4 is 6.03 Å². The molecule has 0 aliphatic carbocycles. The van der Waals surface area contributed by atoms with E-state index in [0.29, 0.717) is 24.6 Å². The summed E-state index contributed by atoms with van der Waals surface area (Å²) in [6.07, 6.45) is 4.17. The summed E-state index contributed by atoms with van der Waals surface area (Å²) in [7, 11) is 0. The highest BCUT2D eigenvalue weighted by Crippen LogP contribution is 2.22. The van der Waals surface area contributed by atoms with Gasteiger partial charge in [-0.2, -0.15) is 8.78 Å². The molecule has 134 valence electrons. The SMILES string of the molecule is O=C(NCc1ccc(OC(F)F)c(F)c1)N1CC(Cc2ccoc2)C1. The van der Waals surface area contributed by atoms with Crippen LogP contribution in [0.1, 0.15) is 11.1 Å². The maximum atomic E-state index is 13.6. The van der Waals surface area contributed by atoms with Gasteiger partial charge in [0.15, 0.2) is 11.6 Å². The van der Waals surface area contributed by atoms with Crippen LogP contribution in [0.5, 0.6) is 5.75 Å². The second-order valence-electron chi connectivity index (χ2n) is 5.91. The Bertz CT molecular complexity index is 716. The van der Waals surface area contributed by atoms with Crippen LogP contribution in [0.3, 0.4) is 0 Å². The molecule has 1 saturated heterocycles. The number of carbonyl (C=O) groups excluding carboxylic acids is 1. The number of nitrogens with zero attached hydrogens (tertiary/aromatic N) is 1. The molecule has 0 bridgehead atoms. The van der Waals surface area contributed by atoms with Gasteiger partial charge in [-0.1, -0.05) is 6.07 Å². The molecular weight excluding hydrogens is 337 g/mol. The fraction of sp³-hybridized carbons (Fsp3) is 0.353. The molecule has 2 heterocycles. The maximum Gasteiger partial charge on any atom is 0.387 e. The molecule has 1 aromatic heterocycles. The van der Waals surface area contributed by atoms with Crippen molar-refractivity contribution in [1.82, 2.24) is 10.2 Å². The third kappa shape index (κ3) is 4.46. The van der Waals surface area contributed by atoms with Crippen molar-refractivity contribution in [1.29, 1.82) is 0 Å². The predicted octanol–water partition coefficient (Wildman–Crippen LogP) is 3.40. The number of hydrogen-bond donors (Lipinski definition) is 1. The zero-order chi connectivity index (χ0) is 17.8. The number of alkyl halides is 2. The molecule has 0 atom stereocenters. The Morgan fingerprint density at radius 1 is 1.32 bits per heavy atom. The second kappa shape index (κ2) is 7.50. The molecule has 0 saturated carbocycles. The number of ether oxygens (including phenoxy) is 1. The number of likely N-dealkylation sites (tertiary alicyclic amines) is 1. The smallest absolute Gasteiger partial charge is 0.387 e. The summed E-state index contributed by atoms with van der Waals surface area (Å²) in [5.74, 6) is -1.02. The van der Waals surface area contributed by atoms with E-state index in [2.05, 4.69) is 10.1 Å². The Kier molecular flexibility index (Phi) is 5.16. The number of amides is 2. The van der Waals surface area contributed by atoms with Gasteiger partial charge >= 0.3 is 12.6 Å². The molecule has 2 amide bonds. The van der Waals surface area contributed by atoms with Crippen LogP contribution in [0.2, 0.25) is 0 Å². The first-order valence-corrected chi connectivity index (χ1v) is 7.78. The van der Waals surface area contributed by atoms with Gasteiger partial charge in [-0.3, -0.25) is 0 Å². The molecule has 1 aliphatic rings. The molecular formula is C17H17F3N2O3. The Balaban J connectivity index is 1.43. The first-order valence-electron chi connectivity index (χ1n) is 7.78. The zero-order valence-corrected chi connectivity index (χ0v) is 13.3. The molecule has 3 rings (SSSR count). The largest absolute Gasteiger partial charge is 0.472 e. The molecule has 5 nitrogen and oxygen atoms in total. The van der Waals surface area contributed by atoms with Crippen molar-refractivity contribution in [2.24, 2.45) is 5.92 Å². The lowest BCUT2D eigenvalue weighted by atomic mass is 9.94. The lowest BCUT2D eigenvalue weighted by Crippen LogP contribution is -2.54. The van der Waals surface area contributed by atoms with E-state index in [9.17, 15) is 18.0 Å². The monoisotopic (exact) mass is 354 g/mol. The number of rotatable bonds is 6. The van der Waals surface area contributed by atoms with Gasteiger partial charge in [0.25, 0.3) is 0 Å². The highest BCUT2D eigenvalue weighted by molar-refractivity contribution is 5.75. The van der Waals surface area contributed by atoms with Crippen LogP contribution in [0.15, 0.2) is 41.2 Å². The van der Waals surface area contributed by atoms with Crippen molar-refractivity contribution in [2.45, 2.75) is 19.6 Å². The Hall–Kier alpha value is -2.64. The van der Waals surface area contributed by atoms with Gasteiger partial charge in [0.05, 0.1) is 12.5 Å². The molecule has 25 heavy (non-hydrogen) atoms. The van der Waals surface area contributed by atoms with Crippen molar-refractivity contribution in [3.63, 3.8) is 0 Å². The van der Waals surface area contributed by atoms with Gasteiger partial charge in [0.1, 0.15) is 0 Å². The maximum absolute atomic E-state index is 13.6. The van der Waals surface area contributed by atoms with Crippen LogP contribution in [0.4, 0.5) is 18.0 Å². The van der Waals surface area contributed by atoms with E-state index in [1.165, 1.54) is 6.07 Å². The van der Waals surface area contributed by atoms with Crippen molar-refractivity contribution in [2.75, 3.05) is 13.1 Å². The average Bonchev–Trinajstić information content (AvgIpc) is 3.03. The van der Waals surface area contributed by atoms with E-state index in [1.807, 2.05) is 6.07 Å². The van der Waals surface area contributed by atoms with Gasteiger partial charge < -0.3 is 19.4 Å². The van der Waals surface area contributed by atoms with Crippen LogP contribution < -0.4 is 10.1 Å². The summed E-state index contributed by atoms with van der Waals surface area (Å²) in [5, 5.41) is 2.68. The van der Waals surface area contributed by atoms with E-state index in [1.54, 1.807) is 17.4 Å². The Labute approximate surface area is 142 Å². The van der Waals surface area contributed by atoms with Crippen LogP contribution in [-0.2, 0) is 13.0 Å². The molecule has 1 aromatic carbocycles. The topological polar surface area (TPSA) is 54.7 Å². The molecule has 0 radical (unpaired) electrons. The van der Waals surface area contributed by atoms with Gasteiger partial charge in [0, 0.05) is 19.6 Å². The molecule has 8 heteroatoms. The van der Waals surface area contributed by atoms with Crippen LogP contribution >= 0.6 is 0 Å². The minimum absolute atomic E-state index is 0.105. The van der Waals surface area contributed by atoms with Gasteiger partial charge in [-0.05, 0) is 41.7 Å². The summed E-state index contributed by atoms with van der Waals surface area (Å²) in [6, 6.07) is 5.28. The summed E-state index contributed by atoms with van der Waals surface area (Å²) in [6.45, 7) is -1.69. The molecule has 1 aliphatic heterocycles. The predicted molar refractivity (Wildman–Crippen MR) is 82.7 cm³/mol. The minimum Gasteiger partial charge on any atom is -0.472 e. The van der Waals surface area contributed by atoms with Crippen molar-refractivity contribution in [3.8, 4) is 5.75 Å².